The molecular weight excluding hydrogens is 210 g/mol. The van der Waals surface area contributed by atoms with Crippen LogP contribution in [0, 0.1) is 0 Å². The van der Waals surface area contributed by atoms with Crippen molar-refractivity contribution in [3.8, 4) is 0 Å². The average Bonchev–Trinajstić information content (AvgIpc) is 2.22. The molecule has 2 aromatic rings. The second-order valence-electron chi connectivity index (χ2n) is 3.34. The summed E-state index contributed by atoms with van der Waals surface area (Å²) in [5.41, 5.74) is 1.97. The third-order valence-corrected chi connectivity index (χ3v) is 2.39. The van der Waals surface area contributed by atoms with Crippen molar-refractivity contribution in [3.05, 3.63) is 69.1 Å². The standard InChI is InChI=1S/C12H10ClNO/c13-10-6-4-9(5-7-10)8-11-2-1-3-12(15)14-11/h1-7H,8H2,(H,14,15). The number of nitrogens with one attached hydrogen (secondary N) is 1. The number of rotatable bonds is 2. The summed E-state index contributed by atoms with van der Waals surface area (Å²) in [5.74, 6) is 0. The van der Waals surface area contributed by atoms with Gasteiger partial charge in [0.15, 0.2) is 0 Å². The quantitative estimate of drug-likeness (QED) is 0.828. The molecule has 0 atom stereocenters. The molecule has 1 heterocycles. The molecule has 0 aliphatic rings. The fourth-order valence-electron chi connectivity index (χ4n) is 1.42. The number of H-pyrrole nitrogens is 1. The zero-order valence-corrected chi connectivity index (χ0v) is 8.79. The van der Waals surface area contributed by atoms with Gasteiger partial charge in [-0.3, -0.25) is 4.79 Å². The summed E-state index contributed by atoms with van der Waals surface area (Å²) in [7, 11) is 0. The molecule has 0 saturated heterocycles. The second kappa shape index (κ2) is 4.32. The molecule has 0 saturated carbocycles. The smallest absolute Gasteiger partial charge is 0.248 e. The SMILES string of the molecule is O=c1cccc(Cc2ccc(Cl)cc2)[nH]1. The van der Waals surface area contributed by atoms with Crippen LogP contribution in [0.5, 0.6) is 0 Å². The molecule has 2 rings (SSSR count). The molecule has 1 aromatic heterocycles. The highest BCUT2D eigenvalue weighted by Gasteiger charge is 1.96. The monoisotopic (exact) mass is 219 g/mol. The van der Waals surface area contributed by atoms with Crippen molar-refractivity contribution >= 4 is 11.6 Å². The fraction of sp³-hybridized carbons (Fsp3) is 0.0833. The second-order valence-corrected chi connectivity index (χ2v) is 3.78. The highest BCUT2D eigenvalue weighted by molar-refractivity contribution is 6.30. The van der Waals surface area contributed by atoms with E-state index in [1.54, 1.807) is 6.07 Å². The summed E-state index contributed by atoms with van der Waals surface area (Å²) < 4.78 is 0. The van der Waals surface area contributed by atoms with E-state index in [0.29, 0.717) is 6.42 Å². The van der Waals surface area contributed by atoms with E-state index >= 15 is 0 Å². The Morgan fingerprint density at radius 1 is 1.07 bits per heavy atom. The van der Waals surface area contributed by atoms with Crippen molar-refractivity contribution in [2.75, 3.05) is 0 Å². The van der Waals surface area contributed by atoms with Crippen molar-refractivity contribution in [2.24, 2.45) is 0 Å². The minimum atomic E-state index is -0.0681. The lowest BCUT2D eigenvalue weighted by Gasteiger charge is -2.01. The Labute approximate surface area is 92.5 Å². The lowest BCUT2D eigenvalue weighted by Crippen LogP contribution is -2.06. The Balaban J connectivity index is 2.22. The third-order valence-electron chi connectivity index (χ3n) is 2.14. The summed E-state index contributed by atoms with van der Waals surface area (Å²) in [6.07, 6.45) is 0.716. The van der Waals surface area contributed by atoms with Gasteiger partial charge in [0.1, 0.15) is 0 Å². The summed E-state index contributed by atoms with van der Waals surface area (Å²) in [4.78, 5) is 13.8. The molecule has 0 amide bonds. The average molecular weight is 220 g/mol. The van der Waals surface area contributed by atoms with Gasteiger partial charge in [-0.1, -0.05) is 29.8 Å². The molecule has 3 heteroatoms. The Kier molecular flexibility index (Phi) is 2.88. The van der Waals surface area contributed by atoms with Crippen molar-refractivity contribution in [3.63, 3.8) is 0 Å². The van der Waals surface area contributed by atoms with E-state index in [0.717, 1.165) is 16.3 Å². The first-order chi connectivity index (χ1) is 7.24. The predicted molar refractivity (Wildman–Crippen MR) is 61.3 cm³/mol. The zero-order chi connectivity index (χ0) is 10.7. The van der Waals surface area contributed by atoms with Crippen molar-refractivity contribution in [1.29, 1.82) is 0 Å². The molecule has 1 N–H and O–H groups in total. The van der Waals surface area contributed by atoms with E-state index in [-0.39, 0.29) is 5.56 Å². The molecule has 1 aromatic carbocycles. The van der Waals surface area contributed by atoms with Gasteiger partial charge >= 0.3 is 0 Å². The fourth-order valence-corrected chi connectivity index (χ4v) is 1.54. The summed E-state index contributed by atoms with van der Waals surface area (Å²) in [6, 6.07) is 12.8. The maximum atomic E-state index is 11.1. The molecule has 0 spiro atoms. The van der Waals surface area contributed by atoms with Crippen LogP contribution in [-0.4, -0.2) is 4.98 Å². The van der Waals surface area contributed by atoms with Gasteiger partial charge in [-0.2, -0.15) is 0 Å². The van der Waals surface area contributed by atoms with E-state index in [4.69, 9.17) is 11.6 Å². The molecule has 0 aliphatic carbocycles. The number of aromatic amines is 1. The molecule has 0 fully saturated rings. The minimum absolute atomic E-state index is 0.0681. The van der Waals surface area contributed by atoms with Crippen LogP contribution in [-0.2, 0) is 6.42 Å². The Morgan fingerprint density at radius 3 is 2.47 bits per heavy atom. The van der Waals surface area contributed by atoms with Crippen LogP contribution < -0.4 is 5.56 Å². The molecule has 0 aliphatic heterocycles. The van der Waals surface area contributed by atoms with Crippen LogP contribution in [0.2, 0.25) is 5.02 Å². The Bertz CT molecular complexity index is 502. The van der Waals surface area contributed by atoms with Crippen molar-refractivity contribution in [1.82, 2.24) is 4.98 Å². The maximum absolute atomic E-state index is 11.1. The van der Waals surface area contributed by atoms with Crippen LogP contribution >= 0.6 is 11.6 Å². The van der Waals surface area contributed by atoms with E-state index < -0.39 is 0 Å². The lowest BCUT2D eigenvalue weighted by molar-refractivity contribution is 1.05. The van der Waals surface area contributed by atoms with Gasteiger partial charge in [0, 0.05) is 23.2 Å². The van der Waals surface area contributed by atoms with Crippen LogP contribution in [0.1, 0.15) is 11.3 Å². The van der Waals surface area contributed by atoms with Gasteiger partial charge < -0.3 is 4.98 Å². The number of benzene rings is 1. The molecule has 0 bridgehead atoms. The van der Waals surface area contributed by atoms with Gasteiger partial charge in [0.25, 0.3) is 0 Å². The molecule has 76 valence electrons. The minimum Gasteiger partial charge on any atom is -0.326 e. The molecule has 0 radical (unpaired) electrons. The van der Waals surface area contributed by atoms with E-state index in [1.807, 2.05) is 30.3 Å². The lowest BCUT2D eigenvalue weighted by atomic mass is 10.1. The zero-order valence-electron chi connectivity index (χ0n) is 8.03. The number of pyridine rings is 1. The van der Waals surface area contributed by atoms with Crippen LogP contribution in [0.4, 0.5) is 0 Å². The van der Waals surface area contributed by atoms with Gasteiger partial charge in [-0.05, 0) is 23.8 Å². The van der Waals surface area contributed by atoms with Crippen molar-refractivity contribution in [2.45, 2.75) is 6.42 Å². The summed E-state index contributed by atoms with van der Waals surface area (Å²) in [6.45, 7) is 0. The third kappa shape index (κ3) is 2.70. The highest BCUT2D eigenvalue weighted by atomic mass is 35.5. The Hall–Kier alpha value is -1.54. The van der Waals surface area contributed by atoms with E-state index in [9.17, 15) is 4.79 Å². The van der Waals surface area contributed by atoms with Gasteiger partial charge in [-0.25, -0.2) is 0 Å². The maximum Gasteiger partial charge on any atom is 0.248 e. The van der Waals surface area contributed by atoms with E-state index in [2.05, 4.69) is 4.98 Å². The van der Waals surface area contributed by atoms with Crippen molar-refractivity contribution < 1.29 is 0 Å². The number of aromatic nitrogens is 1. The number of hydrogen-bond donors (Lipinski definition) is 1. The summed E-state index contributed by atoms with van der Waals surface area (Å²) >= 11 is 5.78. The van der Waals surface area contributed by atoms with Crippen LogP contribution in [0.15, 0.2) is 47.3 Å². The van der Waals surface area contributed by atoms with Crippen LogP contribution in [0.3, 0.4) is 0 Å². The number of halogens is 1. The first kappa shape index (κ1) is 9.99. The summed E-state index contributed by atoms with van der Waals surface area (Å²) in [5, 5.41) is 0.723. The molecule has 0 unspecified atom stereocenters. The largest absolute Gasteiger partial charge is 0.326 e. The van der Waals surface area contributed by atoms with Gasteiger partial charge in [0.05, 0.1) is 0 Å². The highest BCUT2D eigenvalue weighted by Crippen LogP contribution is 2.11. The Morgan fingerprint density at radius 2 is 1.80 bits per heavy atom. The van der Waals surface area contributed by atoms with E-state index in [1.165, 1.54) is 6.07 Å². The molecular formula is C12H10ClNO. The normalized spacial score (nSPS) is 10.2. The first-order valence-electron chi connectivity index (χ1n) is 4.67. The first-order valence-corrected chi connectivity index (χ1v) is 5.04. The predicted octanol–water partition coefficient (Wildman–Crippen LogP) is 2.62. The van der Waals surface area contributed by atoms with Gasteiger partial charge in [0.2, 0.25) is 5.56 Å². The molecule has 15 heavy (non-hydrogen) atoms. The topological polar surface area (TPSA) is 32.9 Å². The molecule has 2 nitrogen and oxygen atoms in total. The van der Waals surface area contributed by atoms with Gasteiger partial charge in [-0.15, -0.1) is 0 Å². The number of hydrogen-bond acceptors (Lipinski definition) is 1. The van der Waals surface area contributed by atoms with Crippen LogP contribution in [0.25, 0.3) is 0 Å².